The van der Waals surface area contributed by atoms with Crippen LogP contribution < -0.4 is 11.5 Å². The molecule has 3 aromatic rings. The SMILES string of the molecule is CCc1cc(C(C)(C)c2cccc(C(C)(C)c3cc(N)c(O)c(CC)c3)c2)cc(N)c1O. The van der Waals surface area contributed by atoms with Gasteiger partial charge in [0.05, 0.1) is 11.4 Å². The van der Waals surface area contributed by atoms with E-state index in [4.69, 9.17) is 11.5 Å². The molecule has 6 N–H and O–H groups in total. The fraction of sp³-hybridized carbons (Fsp3) is 0.357. The first-order valence-corrected chi connectivity index (χ1v) is 11.3. The minimum absolute atomic E-state index is 0.179. The van der Waals surface area contributed by atoms with E-state index >= 15 is 0 Å². The van der Waals surface area contributed by atoms with E-state index in [1.807, 2.05) is 26.0 Å². The van der Waals surface area contributed by atoms with Gasteiger partial charge in [-0.1, -0.05) is 77.9 Å². The van der Waals surface area contributed by atoms with E-state index in [2.05, 4.69) is 64.1 Å². The molecule has 32 heavy (non-hydrogen) atoms. The van der Waals surface area contributed by atoms with Crippen molar-refractivity contribution in [1.82, 2.24) is 0 Å². The highest BCUT2D eigenvalue weighted by molar-refractivity contribution is 5.62. The lowest BCUT2D eigenvalue weighted by molar-refractivity contribution is 0.470. The third kappa shape index (κ3) is 4.02. The fourth-order valence-corrected chi connectivity index (χ4v) is 4.33. The highest BCUT2D eigenvalue weighted by Crippen LogP contribution is 2.41. The first-order chi connectivity index (χ1) is 14.9. The largest absolute Gasteiger partial charge is 0.506 e. The Labute approximate surface area is 191 Å². The molecule has 0 amide bonds. The lowest BCUT2D eigenvalue weighted by Gasteiger charge is -2.31. The van der Waals surface area contributed by atoms with Gasteiger partial charge in [-0.2, -0.15) is 0 Å². The first-order valence-electron chi connectivity index (χ1n) is 11.3. The van der Waals surface area contributed by atoms with E-state index in [-0.39, 0.29) is 22.3 Å². The molecule has 0 aliphatic carbocycles. The van der Waals surface area contributed by atoms with Crippen molar-refractivity contribution in [2.75, 3.05) is 11.5 Å². The molecule has 0 saturated heterocycles. The number of nitrogen functional groups attached to an aromatic ring is 2. The number of rotatable bonds is 6. The zero-order valence-electron chi connectivity index (χ0n) is 20.1. The van der Waals surface area contributed by atoms with Crippen LogP contribution in [0.1, 0.15) is 74.9 Å². The third-order valence-corrected chi connectivity index (χ3v) is 6.95. The average molecular weight is 433 g/mol. The third-order valence-electron chi connectivity index (χ3n) is 6.95. The predicted molar refractivity (Wildman–Crippen MR) is 134 cm³/mol. The van der Waals surface area contributed by atoms with Crippen molar-refractivity contribution in [3.8, 4) is 11.5 Å². The lowest BCUT2D eigenvalue weighted by Crippen LogP contribution is -2.23. The van der Waals surface area contributed by atoms with Gasteiger partial charge in [-0.15, -0.1) is 0 Å². The van der Waals surface area contributed by atoms with Gasteiger partial charge in [-0.05, 0) is 58.4 Å². The summed E-state index contributed by atoms with van der Waals surface area (Å²) in [6.45, 7) is 12.7. The van der Waals surface area contributed by atoms with E-state index in [9.17, 15) is 10.2 Å². The summed E-state index contributed by atoms with van der Waals surface area (Å²) in [4.78, 5) is 0. The molecule has 0 radical (unpaired) electrons. The highest BCUT2D eigenvalue weighted by Gasteiger charge is 2.29. The van der Waals surface area contributed by atoms with Crippen molar-refractivity contribution in [3.63, 3.8) is 0 Å². The summed E-state index contributed by atoms with van der Waals surface area (Å²) >= 11 is 0. The van der Waals surface area contributed by atoms with Gasteiger partial charge < -0.3 is 21.7 Å². The standard InChI is InChI=1S/C28H36N2O2/c1-7-17-12-21(15-23(29)25(17)31)27(3,4)19-10-9-11-20(14-19)28(5,6)22-13-18(8-2)26(32)24(30)16-22/h9-16,31-32H,7-8,29-30H2,1-6H3. The Morgan fingerprint density at radius 1 is 0.625 bits per heavy atom. The summed E-state index contributed by atoms with van der Waals surface area (Å²) in [6, 6.07) is 16.5. The maximum Gasteiger partial charge on any atom is 0.141 e. The number of benzene rings is 3. The lowest BCUT2D eigenvalue weighted by atomic mass is 9.72. The number of aryl methyl sites for hydroxylation is 2. The quantitative estimate of drug-likeness (QED) is 0.282. The highest BCUT2D eigenvalue weighted by atomic mass is 16.3. The van der Waals surface area contributed by atoms with Crippen LogP contribution in [-0.4, -0.2) is 10.2 Å². The van der Waals surface area contributed by atoms with Gasteiger partial charge in [-0.3, -0.25) is 0 Å². The Bertz CT molecular complexity index is 1060. The second-order valence-electron chi connectivity index (χ2n) is 9.68. The molecule has 0 spiro atoms. The Kier molecular flexibility index (Phi) is 6.19. The second-order valence-corrected chi connectivity index (χ2v) is 9.68. The molecular weight excluding hydrogens is 396 g/mol. The van der Waals surface area contributed by atoms with Crippen molar-refractivity contribution in [2.45, 2.75) is 65.2 Å². The molecule has 0 saturated carbocycles. The van der Waals surface area contributed by atoms with Gasteiger partial charge in [0.25, 0.3) is 0 Å². The zero-order chi connectivity index (χ0) is 23.8. The molecule has 0 fully saturated rings. The number of nitrogens with two attached hydrogens (primary N) is 2. The zero-order valence-corrected chi connectivity index (χ0v) is 20.1. The summed E-state index contributed by atoms with van der Waals surface area (Å²) in [5.41, 5.74) is 18.6. The van der Waals surface area contributed by atoms with E-state index in [1.165, 1.54) is 0 Å². The molecule has 4 nitrogen and oxygen atoms in total. The molecule has 0 heterocycles. The monoisotopic (exact) mass is 432 g/mol. The van der Waals surface area contributed by atoms with Gasteiger partial charge in [0.1, 0.15) is 11.5 Å². The molecule has 0 aromatic heterocycles. The molecule has 0 aliphatic heterocycles. The van der Waals surface area contributed by atoms with E-state index in [0.717, 1.165) is 46.2 Å². The molecule has 0 bridgehead atoms. The van der Waals surface area contributed by atoms with Crippen LogP contribution in [0, 0.1) is 0 Å². The van der Waals surface area contributed by atoms with Crippen molar-refractivity contribution < 1.29 is 10.2 Å². The summed E-state index contributed by atoms with van der Waals surface area (Å²) in [5, 5.41) is 20.5. The minimum Gasteiger partial charge on any atom is -0.506 e. The maximum absolute atomic E-state index is 10.3. The average Bonchev–Trinajstić information content (AvgIpc) is 2.77. The summed E-state index contributed by atoms with van der Waals surface area (Å²) in [6.07, 6.45) is 1.43. The number of hydrogen-bond acceptors (Lipinski definition) is 4. The van der Waals surface area contributed by atoms with Crippen LogP contribution in [0.3, 0.4) is 0 Å². The van der Waals surface area contributed by atoms with Crippen molar-refractivity contribution in [3.05, 3.63) is 81.9 Å². The van der Waals surface area contributed by atoms with Crippen molar-refractivity contribution in [1.29, 1.82) is 0 Å². The van der Waals surface area contributed by atoms with Gasteiger partial charge in [0, 0.05) is 10.8 Å². The van der Waals surface area contributed by atoms with E-state index in [0.29, 0.717) is 11.4 Å². The fourth-order valence-electron chi connectivity index (χ4n) is 4.33. The van der Waals surface area contributed by atoms with Gasteiger partial charge in [-0.25, -0.2) is 0 Å². The van der Waals surface area contributed by atoms with E-state index < -0.39 is 0 Å². The number of hydrogen-bond donors (Lipinski definition) is 4. The Morgan fingerprint density at radius 2 is 1.00 bits per heavy atom. The topological polar surface area (TPSA) is 92.5 Å². The van der Waals surface area contributed by atoms with Gasteiger partial charge in [0.2, 0.25) is 0 Å². The van der Waals surface area contributed by atoms with Crippen LogP contribution in [0.5, 0.6) is 11.5 Å². The van der Waals surface area contributed by atoms with Gasteiger partial charge in [0.15, 0.2) is 0 Å². The van der Waals surface area contributed by atoms with Crippen LogP contribution in [0.25, 0.3) is 0 Å². The summed E-state index contributed by atoms with van der Waals surface area (Å²) in [5.74, 6) is 0.358. The molecule has 0 unspecified atom stereocenters. The normalized spacial score (nSPS) is 12.2. The molecule has 170 valence electrons. The van der Waals surface area contributed by atoms with Crippen molar-refractivity contribution in [2.24, 2.45) is 0 Å². The molecular formula is C28H36N2O2. The van der Waals surface area contributed by atoms with Gasteiger partial charge >= 0.3 is 0 Å². The van der Waals surface area contributed by atoms with Crippen molar-refractivity contribution >= 4 is 11.4 Å². The molecule has 0 atom stereocenters. The number of phenols is 2. The smallest absolute Gasteiger partial charge is 0.141 e. The number of aromatic hydroxyl groups is 2. The molecule has 3 aromatic carbocycles. The minimum atomic E-state index is -0.305. The van der Waals surface area contributed by atoms with Crippen LogP contribution in [0.4, 0.5) is 11.4 Å². The van der Waals surface area contributed by atoms with E-state index in [1.54, 1.807) is 0 Å². The Hall–Kier alpha value is -3.14. The van der Waals surface area contributed by atoms with Crippen LogP contribution in [0.15, 0.2) is 48.5 Å². The first kappa shape index (κ1) is 23.5. The molecule has 3 rings (SSSR count). The summed E-state index contributed by atoms with van der Waals surface area (Å²) in [7, 11) is 0. The number of phenolic OH excluding ortho intramolecular Hbond substituents is 2. The summed E-state index contributed by atoms with van der Waals surface area (Å²) < 4.78 is 0. The molecule has 0 aliphatic rings. The van der Waals surface area contributed by atoms with Crippen LogP contribution >= 0.6 is 0 Å². The second kappa shape index (κ2) is 8.42. The maximum atomic E-state index is 10.3. The Morgan fingerprint density at radius 3 is 1.34 bits per heavy atom. The predicted octanol–water partition coefficient (Wildman–Crippen LogP) is 6.04. The molecule has 4 heteroatoms. The number of anilines is 2. The van der Waals surface area contributed by atoms with Crippen LogP contribution in [0.2, 0.25) is 0 Å². The Balaban J connectivity index is 2.10. The van der Waals surface area contributed by atoms with Crippen LogP contribution in [-0.2, 0) is 23.7 Å².